The zero-order chi connectivity index (χ0) is 21.1. The number of nitrogens with zero attached hydrogens (tertiary/aromatic N) is 7. The van der Waals surface area contributed by atoms with Crippen LogP contribution in [-0.4, -0.2) is 84.8 Å². The number of aromatic nitrogens is 4. The van der Waals surface area contributed by atoms with Crippen molar-refractivity contribution < 1.29 is 10.0 Å². The van der Waals surface area contributed by atoms with Crippen molar-refractivity contribution >= 4 is 16.9 Å². The van der Waals surface area contributed by atoms with Gasteiger partial charge in [-0.1, -0.05) is 12.1 Å². The minimum atomic E-state index is -0.404. The molecule has 1 fully saturated rings. The predicted molar refractivity (Wildman–Crippen MR) is 113 cm³/mol. The van der Waals surface area contributed by atoms with Gasteiger partial charge in [0, 0.05) is 45.8 Å². The van der Waals surface area contributed by atoms with Crippen LogP contribution in [0, 0.1) is 10.1 Å². The summed E-state index contributed by atoms with van der Waals surface area (Å²) >= 11 is 0. The summed E-state index contributed by atoms with van der Waals surface area (Å²) in [6.45, 7) is 8.63. The number of imidazole rings is 2. The van der Waals surface area contributed by atoms with E-state index in [1.165, 1.54) is 6.20 Å². The number of nitro groups is 1. The van der Waals surface area contributed by atoms with Crippen molar-refractivity contribution in [1.29, 1.82) is 0 Å². The van der Waals surface area contributed by atoms with Gasteiger partial charge in [-0.3, -0.25) is 9.80 Å². The van der Waals surface area contributed by atoms with E-state index >= 15 is 0 Å². The summed E-state index contributed by atoms with van der Waals surface area (Å²) in [4.78, 5) is 24.8. The van der Waals surface area contributed by atoms with E-state index < -0.39 is 4.92 Å². The third-order valence-corrected chi connectivity index (χ3v) is 5.71. The Morgan fingerprint density at radius 1 is 1.03 bits per heavy atom. The van der Waals surface area contributed by atoms with Crippen LogP contribution in [0.1, 0.15) is 6.92 Å². The number of β-amino-alcohol motifs (C(OH)–C–C–N with tert-alkyl or cyclic N) is 1. The van der Waals surface area contributed by atoms with Crippen molar-refractivity contribution in [3.05, 3.63) is 40.6 Å². The molecule has 1 saturated heterocycles. The van der Waals surface area contributed by atoms with E-state index in [4.69, 9.17) is 10.1 Å². The molecule has 0 radical (unpaired) electrons. The zero-order valence-corrected chi connectivity index (χ0v) is 17.1. The fourth-order valence-corrected chi connectivity index (χ4v) is 4.09. The van der Waals surface area contributed by atoms with E-state index in [1.54, 1.807) is 4.57 Å². The number of aliphatic hydroxyl groups is 1. The van der Waals surface area contributed by atoms with Crippen LogP contribution in [0.15, 0.2) is 30.5 Å². The van der Waals surface area contributed by atoms with E-state index in [1.807, 2.05) is 31.2 Å². The van der Waals surface area contributed by atoms with Gasteiger partial charge in [-0.15, -0.1) is 0 Å². The molecule has 0 amide bonds. The van der Waals surface area contributed by atoms with Crippen LogP contribution in [0.5, 0.6) is 0 Å². The van der Waals surface area contributed by atoms with Crippen LogP contribution in [0.25, 0.3) is 22.7 Å². The predicted octanol–water partition coefficient (Wildman–Crippen LogP) is 1.44. The fraction of sp³-hybridized carbons (Fsp3) is 0.500. The Hall–Kier alpha value is -2.82. The molecule has 1 aromatic carbocycles. The van der Waals surface area contributed by atoms with Gasteiger partial charge in [0.25, 0.3) is 5.82 Å². The molecule has 2 aromatic heterocycles. The summed E-state index contributed by atoms with van der Waals surface area (Å²) in [5, 5.41) is 20.5. The highest BCUT2D eigenvalue weighted by Crippen LogP contribution is 2.27. The highest BCUT2D eigenvalue weighted by Gasteiger charge is 2.26. The summed E-state index contributed by atoms with van der Waals surface area (Å²) in [5.74, 6) is 1.16. The maximum atomic E-state index is 11.4. The Bertz CT molecular complexity index is 1020. The topological polar surface area (TPSA) is 105 Å². The number of para-hydroxylation sites is 2. The van der Waals surface area contributed by atoms with Crippen LogP contribution < -0.4 is 0 Å². The lowest BCUT2D eigenvalue weighted by Crippen LogP contribution is -2.47. The molecule has 10 heteroatoms. The molecule has 0 spiro atoms. The first-order valence-electron chi connectivity index (χ1n) is 10.3. The molecule has 0 bridgehead atoms. The molecular formula is C20H27N7O3. The van der Waals surface area contributed by atoms with Crippen molar-refractivity contribution in [1.82, 2.24) is 28.9 Å². The number of aliphatic hydroxyl groups excluding tert-OH is 1. The van der Waals surface area contributed by atoms with Crippen LogP contribution in [0.4, 0.5) is 5.82 Å². The first-order valence-corrected chi connectivity index (χ1v) is 10.3. The number of hydrogen-bond donors (Lipinski definition) is 1. The van der Waals surface area contributed by atoms with Gasteiger partial charge in [0.2, 0.25) is 5.82 Å². The monoisotopic (exact) mass is 413 g/mol. The van der Waals surface area contributed by atoms with Gasteiger partial charge in [0.05, 0.1) is 24.2 Å². The summed E-state index contributed by atoms with van der Waals surface area (Å²) in [6.07, 6.45) is 1.31. The van der Waals surface area contributed by atoms with Crippen molar-refractivity contribution in [3.8, 4) is 11.6 Å². The second-order valence-electron chi connectivity index (χ2n) is 7.42. The second-order valence-corrected chi connectivity index (χ2v) is 7.42. The van der Waals surface area contributed by atoms with Gasteiger partial charge < -0.3 is 19.8 Å². The van der Waals surface area contributed by atoms with E-state index in [0.717, 1.165) is 56.8 Å². The molecule has 160 valence electrons. The van der Waals surface area contributed by atoms with Gasteiger partial charge in [0.1, 0.15) is 6.20 Å². The quantitative estimate of drug-likeness (QED) is 0.440. The Labute approximate surface area is 174 Å². The fourth-order valence-electron chi connectivity index (χ4n) is 4.09. The lowest BCUT2D eigenvalue weighted by Gasteiger charge is -2.34. The molecule has 1 aliphatic heterocycles. The first-order chi connectivity index (χ1) is 14.6. The standard InChI is InChI=1S/C20H27N7O3/c1-2-25-18(27(29)30)15-21-19(25)20-22-16-5-3-4-6-17(16)26(20)12-11-23-7-9-24(10-8-23)13-14-28/h3-6,15,28H,2,7-14H2,1H3. The van der Waals surface area contributed by atoms with E-state index in [2.05, 4.69) is 19.4 Å². The third-order valence-electron chi connectivity index (χ3n) is 5.71. The summed E-state index contributed by atoms with van der Waals surface area (Å²) < 4.78 is 3.72. The molecule has 0 saturated carbocycles. The van der Waals surface area contributed by atoms with Gasteiger partial charge in [-0.2, -0.15) is 0 Å². The highest BCUT2D eigenvalue weighted by atomic mass is 16.6. The van der Waals surface area contributed by atoms with Crippen LogP contribution in [0.3, 0.4) is 0 Å². The Balaban J connectivity index is 1.61. The second kappa shape index (κ2) is 8.90. The number of hydrogen-bond acceptors (Lipinski definition) is 7. The molecule has 30 heavy (non-hydrogen) atoms. The van der Waals surface area contributed by atoms with Crippen molar-refractivity contribution in [2.24, 2.45) is 0 Å². The summed E-state index contributed by atoms with van der Waals surface area (Å²) in [5.41, 5.74) is 1.85. The van der Waals surface area contributed by atoms with Crippen molar-refractivity contribution in [2.75, 3.05) is 45.9 Å². The lowest BCUT2D eigenvalue weighted by molar-refractivity contribution is -0.392. The minimum absolute atomic E-state index is 0.0221. The Kier molecular flexibility index (Phi) is 6.07. The maximum Gasteiger partial charge on any atom is 0.343 e. The number of fused-ring (bicyclic) bond motifs is 1. The molecule has 0 aliphatic carbocycles. The highest BCUT2D eigenvalue weighted by molar-refractivity contribution is 5.79. The van der Waals surface area contributed by atoms with Crippen LogP contribution in [-0.2, 0) is 13.1 Å². The van der Waals surface area contributed by atoms with Gasteiger partial charge in [-0.05, 0) is 24.0 Å². The lowest BCUT2D eigenvalue weighted by atomic mass is 10.3. The van der Waals surface area contributed by atoms with Crippen LogP contribution in [0.2, 0.25) is 0 Å². The SMILES string of the molecule is CCn1c([N+](=O)[O-])cnc1-c1nc2ccccc2n1CCN1CCN(CCO)CC1. The number of rotatable bonds is 8. The molecule has 3 aromatic rings. The van der Waals surface area contributed by atoms with Gasteiger partial charge in [0.15, 0.2) is 0 Å². The minimum Gasteiger partial charge on any atom is -0.395 e. The largest absolute Gasteiger partial charge is 0.395 e. The van der Waals surface area contributed by atoms with Gasteiger partial charge in [-0.25, -0.2) is 14.5 Å². The summed E-state index contributed by atoms with van der Waals surface area (Å²) in [6, 6.07) is 7.90. The Morgan fingerprint density at radius 3 is 2.40 bits per heavy atom. The number of benzene rings is 1. The van der Waals surface area contributed by atoms with E-state index in [9.17, 15) is 10.1 Å². The normalized spacial score (nSPS) is 15.8. The third kappa shape index (κ3) is 3.93. The van der Waals surface area contributed by atoms with Crippen molar-refractivity contribution in [3.63, 3.8) is 0 Å². The van der Waals surface area contributed by atoms with Crippen molar-refractivity contribution in [2.45, 2.75) is 20.0 Å². The number of piperazine rings is 1. The molecular weight excluding hydrogens is 386 g/mol. The van der Waals surface area contributed by atoms with E-state index in [0.29, 0.717) is 18.2 Å². The average Bonchev–Trinajstić information content (AvgIpc) is 3.34. The molecule has 10 nitrogen and oxygen atoms in total. The summed E-state index contributed by atoms with van der Waals surface area (Å²) in [7, 11) is 0. The zero-order valence-electron chi connectivity index (χ0n) is 17.1. The smallest absolute Gasteiger partial charge is 0.343 e. The van der Waals surface area contributed by atoms with Gasteiger partial charge >= 0.3 is 5.82 Å². The van der Waals surface area contributed by atoms with E-state index in [-0.39, 0.29) is 12.4 Å². The Morgan fingerprint density at radius 2 is 1.73 bits per heavy atom. The molecule has 1 aliphatic rings. The maximum absolute atomic E-state index is 11.4. The molecule has 0 atom stereocenters. The average molecular weight is 413 g/mol. The van der Waals surface area contributed by atoms with Crippen LogP contribution >= 0.6 is 0 Å². The molecule has 0 unspecified atom stereocenters. The molecule has 1 N–H and O–H groups in total. The molecule has 3 heterocycles. The first kappa shape index (κ1) is 20.5. The molecule has 4 rings (SSSR count).